The summed E-state index contributed by atoms with van der Waals surface area (Å²) < 4.78 is 5.35. The third kappa shape index (κ3) is 3.99. The predicted molar refractivity (Wildman–Crippen MR) is 106 cm³/mol. The van der Waals surface area contributed by atoms with Crippen molar-refractivity contribution in [2.45, 2.75) is 32.6 Å². The number of carbonyl (C=O) groups excluding carboxylic acids is 2. The van der Waals surface area contributed by atoms with E-state index in [2.05, 4.69) is 20.7 Å². The molecule has 144 valence electrons. The third-order valence-corrected chi connectivity index (χ3v) is 7.24. The lowest BCUT2D eigenvalue weighted by Crippen LogP contribution is -2.41. The minimum Gasteiger partial charge on any atom is -0.378 e. The van der Waals surface area contributed by atoms with Crippen LogP contribution in [0.4, 0.5) is 5.13 Å². The second kappa shape index (κ2) is 7.95. The van der Waals surface area contributed by atoms with Crippen LogP contribution in [0.3, 0.4) is 0 Å². The van der Waals surface area contributed by atoms with Crippen LogP contribution in [-0.4, -0.2) is 43.1 Å². The molecule has 2 N–H and O–H groups in total. The number of aromatic nitrogens is 1. The number of morpholine rings is 1. The fourth-order valence-corrected chi connectivity index (χ4v) is 5.48. The highest BCUT2D eigenvalue weighted by Gasteiger charge is 2.22. The van der Waals surface area contributed by atoms with E-state index in [4.69, 9.17) is 4.74 Å². The van der Waals surface area contributed by atoms with Crippen molar-refractivity contribution < 1.29 is 14.3 Å². The Morgan fingerprint density at radius 1 is 1.11 bits per heavy atom. The minimum absolute atomic E-state index is 0.265. The number of thiophene rings is 1. The molecule has 0 unspecified atom stereocenters. The van der Waals surface area contributed by atoms with Crippen molar-refractivity contribution in [1.29, 1.82) is 0 Å². The first-order valence-electron chi connectivity index (χ1n) is 9.14. The zero-order valence-electron chi connectivity index (χ0n) is 15.2. The van der Waals surface area contributed by atoms with E-state index in [0.717, 1.165) is 31.1 Å². The van der Waals surface area contributed by atoms with Gasteiger partial charge in [0, 0.05) is 18.0 Å². The topological polar surface area (TPSA) is 83.6 Å². The third-order valence-electron chi connectivity index (χ3n) is 4.78. The van der Waals surface area contributed by atoms with Crippen molar-refractivity contribution >= 4 is 39.6 Å². The van der Waals surface area contributed by atoms with Crippen LogP contribution in [0.15, 0.2) is 6.07 Å². The Bertz CT molecular complexity index is 831. The molecule has 27 heavy (non-hydrogen) atoms. The van der Waals surface area contributed by atoms with Gasteiger partial charge in [0.05, 0.1) is 23.8 Å². The number of carbonyl (C=O) groups is 2. The first-order valence-corrected chi connectivity index (χ1v) is 10.8. The molecule has 1 aliphatic heterocycles. The highest BCUT2D eigenvalue weighted by molar-refractivity contribution is 7.17. The number of anilines is 1. The van der Waals surface area contributed by atoms with Crippen LogP contribution < -0.4 is 15.8 Å². The molecule has 2 aromatic rings. The molecule has 9 heteroatoms. The molecule has 0 spiro atoms. The number of hydrogen-bond donors (Lipinski definition) is 2. The zero-order chi connectivity index (χ0) is 18.8. The van der Waals surface area contributed by atoms with Crippen LogP contribution in [0.2, 0.25) is 0 Å². The first-order chi connectivity index (χ1) is 13.1. The summed E-state index contributed by atoms with van der Waals surface area (Å²) in [5.41, 5.74) is 7.01. The highest BCUT2D eigenvalue weighted by Crippen LogP contribution is 2.29. The summed E-state index contributed by atoms with van der Waals surface area (Å²) in [4.78, 5) is 34.0. The van der Waals surface area contributed by atoms with E-state index in [-0.39, 0.29) is 11.8 Å². The van der Waals surface area contributed by atoms with Crippen molar-refractivity contribution in [3.05, 3.63) is 32.0 Å². The molecule has 2 amide bonds. The second-order valence-corrected chi connectivity index (χ2v) is 8.80. The van der Waals surface area contributed by atoms with E-state index in [1.54, 1.807) is 0 Å². The summed E-state index contributed by atoms with van der Waals surface area (Å²) in [5.74, 6) is -0.600. The molecule has 1 saturated heterocycles. The number of rotatable bonds is 3. The number of fused-ring (bicyclic) bond motifs is 1. The molecule has 1 aliphatic carbocycles. The molecule has 0 aromatic carbocycles. The number of ether oxygens (including phenoxy) is 1. The van der Waals surface area contributed by atoms with Gasteiger partial charge >= 0.3 is 0 Å². The van der Waals surface area contributed by atoms with Gasteiger partial charge in [-0.1, -0.05) is 11.3 Å². The lowest BCUT2D eigenvalue weighted by molar-refractivity contribution is 0.0850. The number of aryl methyl sites for hydroxylation is 3. The summed E-state index contributed by atoms with van der Waals surface area (Å²) in [6.45, 7) is 4.69. The van der Waals surface area contributed by atoms with Gasteiger partial charge in [0.25, 0.3) is 11.8 Å². The van der Waals surface area contributed by atoms with Crippen LogP contribution in [0.5, 0.6) is 0 Å². The van der Waals surface area contributed by atoms with Crippen LogP contribution in [0.1, 0.15) is 48.3 Å². The van der Waals surface area contributed by atoms with E-state index in [1.165, 1.54) is 46.0 Å². The summed E-state index contributed by atoms with van der Waals surface area (Å²) >= 11 is 2.87. The van der Waals surface area contributed by atoms with Gasteiger partial charge in [0.1, 0.15) is 4.88 Å². The van der Waals surface area contributed by atoms with Crippen molar-refractivity contribution in [3.8, 4) is 0 Å². The predicted octanol–water partition coefficient (Wildman–Crippen LogP) is 2.30. The number of nitrogens with one attached hydrogen (secondary N) is 2. The van der Waals surface area contributed by atoms with E-state index in [1.807, 2.05) is 13.0 Å². The Labute approximate surface area is 165 Å². The maximum absolute atomic E-state index is 12.5. The molecule has 1 fully saturated rings. The van der Waals surface area contributed by atoms with Crippen LogP contribution in [-0.2, 0) is 17.6 Å². The van der Waals surface area contributed by atoms with Gasteiger partial charge in [-0.15, -0.1) is 11.3 Å². The normalized spacial score (nSPS) is 16.7. The maximum atomic E-state index is 12.5. The molecule has 2 aliphatic rings. The fourth-order valence-electron chi connectivity index (χ4n) is 3.32. The van der Waals surface area contributed by atoms with Gasteiger partial charge in [0.15, 0.2) is 5.13 Å². The summed E-state index contributed by atoms with van der Waals surface area (Å²) in [6, 6.07) is 1.95. The average Bonchev–Trinajstić information content (AvgIpc) is 3.30. The van der Waals surface area contributed by atoms with Gasteiger partial charge in [0.2, 0.25) is 0 Å². The van der Waals surface area contributed by atoms with Crippen LogP contribution in [0.25, 0.3) is 0 Å². The number of nitrogens with zero attached hydrogens (tertiary/aromatic N) is 2. The van der Waals surface area contributed by atoms with Crippen molar-refractivity contribution in [3.63, 3.8) is 0 Å². The largest absolute Gasteiger partial charge is 0.378 e. The number of amides is 2. The summed E-state index contributed by atoms with van der Waals surface area (Å²) in [5, 5.41) is 0.818. The monoisotopic (exact) mass is 406 g/mol. The van der Waals surface area contributed by atoms with E-state index >= 15 is 0 Å². The second-order valence-electron chi connectivity index (χ2n) is 6.68. The lowest BCUT2D eigenvalue weighted by Gasteiger charge is -2.25. The van der Waals surface area contributed by atoms with E-state index in [0.29, 0.717) is 28.7 Å². The molecular weight excluding hydrogens is 384 g/mol. The lowest BCUT2D eigenvalue weighted by atomic mass is 9.99. The standard InChI is InChI=1S/C18H22N4O3S2/c1-11-15(27-18(19-11)22-6-8-25-9-7-22)17(24)21-20-16(23)14-10-12-4-2-3-5-13(12)26-14/h10H,2-9H2,1H3,(H,20,23)(H,21,24). The molecule has 3 heterocycles. The highest BCUT2D eigenvalue weighted by atomic mass is 32.1. The van der Waals surface area contributed by atoms with Crippen molar-refractivity contribution in [2.24, 2.45) is 0 Å². The zero-order valence-corrected chi connectivity index (χ0v) is 16.8. The molecule has 4 rings (SSSR count). The summed E-state index contributed by atoms with van der Waals surface area (Å²) in [6.07, 6.45) is 4.44. The quantitative estimate of drug-likeness (QED) is 0.765. The molecule has 2 aromatic heterocycles. The Hall–Kier alpha value is -1.97. The Kier molecular flexibility index (Phi) is 5.42. The van der Waals surface area contributed by atoms with Crippen LogP contribution >= 0.6 is 22.7 Å². The van der Waals surface area contributed by atoms with Gasteiger partial charge in [-0.25, -0.2) is 4.98 Å². The minimum atomic E-state index is -0.334. The first kappa shape index (κ1) is 18.4. The Morgan fingerprint density at radius 3 is 2.63 bits per heavy atom. The smallest absolute Gasteiger partial charge is 0.281 e. The van der Waals surface area contributed by atoms with Crippen LogP contribution in [0, 0.1) is 6.92 Å². The average molecular weight is 407 g/mol. The SMILES string of the molecule is Cc1nc(N2CCOCC2)sc1C(=O)NNC(=O)c1cc2c(s1)CCCC2. The molecule has 0 bridgehead atoms. The Morgan fingerprint density at radius 2 is 1.85 bits per heavy atom. The molecule has 0 radical (unpaired) electrons. The Balaban J connectivity index is 1.38. The number of thiazole rings is 1. The molecule has 0 atom stereocenters. The fraction of sp³-hybridized carbons (Fsp3) is 0.500. The van der Waals surface area contributed by atoms with Crippen molar-refractivity contribution in [1.82, 2.24) is 15.8 Å². The molecular formula is C18H22N4O3S2. The molecule has 0 saturated carbocycles. The van der Waals surface area contributed by atoms with E-state index < -0.39 is 0 Å². The van der Waals surface area contributed by atoms with Gasteiger partial charge < -0.3 is 9.64 Å². The maximum Gasteiger partial charge on any atom is 0.281 e. The number of hydrogen-bond acceptors (Lipinski definition) is 7. The molecule has 7 nitrogen and oxygen atoms in total. The van der Waals surface area contributed by atoms with Gasteiger partial charge in [-0.3, -0.25) is 20.4 Å². The van der Waals surface area contributed by atoms with Gasteiger partial charge in [-0.2, -0.15) is 0 Å². The van der Waals surface area contributed by atoms with Crippen molar-refractivity contribution in [2.75, 3.05) is 31.2 Å². The summed E-state index contributed by atoms with van der Waals surface area (Å²) in [7, 11) is 0. The van der Waals surface area contributed by atoms with E-state index in [9.17, 15) is 9.59 Å². The van der Waals surface area contributed by atoms with Gasteiger partial charge in [-0.05, 0) is 44.2 Å². The number of hydrazine groups is 1.